The zero-order valence-corrected chi connectivity index (χ0v) is 12.2. The summed E-state index contributed by atoms with van der Waals surface area (Å²) in [6.45, 7) is 4.30. The Kier molecular flexibility index (Phi) is 3.77. The van der Waals surface area contributed by atoms with Crippen molar-refractivity contribution in [3.63, 3.8) is 0 Å². The molecule has 0 aliphatic rings. The number of hydrogen-bond acceptors (Lipinski definition) is 4. The minimum atomic E-state index is 0.361. The third-order valence-corrected chi connectivity index (χ3v) is 3.49. The topological polar surface area (TPSA) is 50.7 Å². The van der Waals surface area contributed by atoms with Crippen LogP contribution in [-0.4, -0.2) is 21.0 Å². The van der Waals surface area contributed by atoms with Crippen molar-refractivity contribution in [1.82, 2.24) is 15.0 Å². The first-order valence-electron chi connectivity index (χ1n) is 7.22. The highest BCUT2D eigenvalue weighted by atomic mass is 15.1. The third kappa shape index (κ3) is 2.84. The summed E-state index contributed by atoms with van der Waals surface area (Å²) in [5.74, 6) is 1.52. The SMILES string of the molecule is CC[C@@H](C)Nc1nc(-c2ccccn2)nc2ccccc12. The predicted molar refractivity (Wildman–Crippen MR) is 86.1 cm³/mol. The van der Waals surface area contributed by atoms with Gasteiger partial charge in [-0.3, -0.25) is 4.98 Å². The first kappa shape index (κ1) is 13.5. The normalized spacial score (nSPS) is 12.3. The maximum atomic E-state index is 4.67. The van der Waals surface area contributed by atoms with Gasteiger partial charge in [0, 0.05) is 17.6 Å². The summed E-state index contributed by atoms with van der Waals surface area (Å²) >= 11 is 0. The molecule has 0 aliphatic heterocycles. The van der Waals surface area contributed by atoms with Gasteiger partial charge < -0.3 is 5.32 Å². The molecule has 0 aliphatic carbocycles. The largest absolute Gasteiger partial charge is 0.367 e. The number of rotatable bonds is 4. The molecule has 0 amide bonds. The molecule has 2 aromatic heterocycles. The van der Waals surface area contributed by atoms with Crippen LogP contribution in [0.15, 0.2) is 48.7 Å². The second-order valence-electron chi connectivity index (χ2n) is 5.08. The molecule has 106 valence electrons. The second kappa shape index (κ2) is 5.87. The van der Waals surface area contributed by atoms with E-state index in [1.165, 1.54) is 0 Å². The van der Waals surface area contributed by atoms with Gasteiger partial charge in [0.15, 0.2) is 5.82 Å². The molecule has 1 N–H and O–H groups in total. The number of fused-ring (bicyclic) bond motifs is 1. The van der Waals surface area contributed by atoms with Crippen molar-refractivity contribution >= 4 is 16.7 Å². The number of nitrogens with one attached hydrogen (secondary N) is 1. The lowest BCUT2D eigenvalue weighted by molar-refractivity contribution is 0.760. The van der Waals surface area contributed by atoms with E-state index in [2.05, 4.69) is 34.1 Å². The van der Waals surface area contributed by atoms with Crippen LogP contribution in [0, 0.1) is 0 Å². The van der Waals surface area contributed by atoms with Crippen molar-refractivity contribution in [3.8, 4) is 11.5 Å². The number of pyridine rings is 1. The van der Waals surface area contributed by atoms with Crippen LogP contribution in [0.5, 0.6) is 0 Å². The van der Waals surface area contributed by atoms with Crippen molar-refractivity contribution in [2.45, 2.75) is 26.3 Å². The molecule has 3 aromatic rings. The Balaban J connectivity index is 2.15. The highest BCUT2D eigenvalue weighted by Crippen LogP contribution is 2.24. The van der Waals surface area contributed by atoms with Crippen molar-refractivity contribution in [1.29, 1.82) is 0 Å². The van der Waals surface area contributed by atoms with Crippen LogP contribution in [-0.2, 0) is 0 Å². The second-order valence-corrected chi connectivity index (χ2v) is 5.08. The van der Waals surface area contributed by atoms with E-state index in [1.807, 2.05) is 42.5 Å². The van der Waals surface area contributed by atoms with Gasteiger partial charge in [-0.15, -0.1) is 0 Å². The number of hydrogen-bond donors (Lipinski definition) is 1. The molecule has 0 saturated heterocycles. The molecule has 4 nitrogen and oxygen atoms in total. The first-order chi connectivity index (χ1) is 10.3. The Labute approximate surface area is 124 Å². The molecular formula is C17H18N4. The molecule has 0 unspecified atom stereocenters. The van der Waals surface area contributed by atoms with Crippen LogP contribution in [0.25, 0.3) is 22.4 Å². The monoisotopic (exact) mass is 278 g/mol. The van der Waals surface area contributed by atoms with Gasteiger partial charge in [-0.25, -0.2) is 9.97 Å². The molecule has 1 aromatic carbocycles. The van der Waals surface area contributed by atoms with Gasteiger partial charge in [-0.1, -0.05) is 25.1 Å². The zero-order chi connectivity index (χ0) is 14.7. The van der Waals surface area contributed by atoms with E-state index in [9.17, 15) is 0 Å². The summed E-state index contributed by atoms with van der Waals surface area (Å²) in [4.78, 5) is 13.6. The lowest BCUT2D eigenvalue weighted by Gasteiger charge is -2.15. The fourth-order valence-corrected chi connectivity index (χ4v) is 2.13. The Bertz CT molecular complexity index is 740. The van der Waals surface area contributed by atoms with E-state index in [4.69, 9.17) is 0 Å². The first-order valence-corrected chi connectivity index (χ1v) is 7.22. The summed E-state index contributed by atoms with van der Waals surface area (Å²) in [7, 11) is 0. The highest BCUT2D eigenvalue weighted by Gasteiger charge is 2.11. The smallest absolute Gasteiger partial charge is 0.180 e. The Morgan fingerprint density at radius 1 is 1.05 bits per heavy atom. The Morgan fingerprint density at radius 3 is 2.62 bits per heavy atom. The Morgan fingerprint density at radius 2 is 1.86 bits per heavy atom. The predicted octanol–water partition coefficient (Wildman–Crippen LogP) is 3.90. The fraction of sp³-hybridized carbons (Fsp3) is 0.235. The van der Waals surface area contributed by atoms with Crippen LogP contribution in [0.3, 0.4) is 0 Å². The summed E-state index contributed by atoms with van der Waals surface area (Å²) in [5.41, 5.74) is 1.72. The molecule has 1 atom stereocenters. The highest BCUT2D eigenvalue weighted by molar-refractivity contribution is 5.90. The van der Waals surface area contributed by atoms with Gasteiger partial charge in [-0.2, -0.15) is 0 Å². The lowest BCUT2D eigenvalue weighted by atomic mass is 10.2. The lowest BCUT2D eigenvalue weighted by Crippen LogP contribution is -2.15. The third-order valence-electron chi connectivity index (χ3n) is 3.49. The van der Waals surface area contributed by atoms with Crippen LogP contribution in [0.4, 0.5) is 5.82 Å². The maximum Gasteiger partial charge on any atom is 0.180 e. The van der Waals surface area contributed by atoms with Crippen LogP contribution >= 0.6 is 0 Å². The molecule has 0 bridgehead atoms. The van der Waals surface area contributed by atoms with Crippen LogP contribution < -0.4 is 5.32 Å². The number of benzene rings is 1. The zero-order valence-electron chi connectivity index (χ0n) is 12.2. The minimum absolute atomic E-state index is 0.361. The van der Waals surface area contributed by atoms with Crippen molar-refractivity contribution in [3.05, 3.63) is 48.7 Å². The van der Waals surface area contributed by atoms with Crippen molar-refractivity contribution in [2.24, 2.45) is 0 Å². The molecule has 0 fully saturated rings. The molecule has 0 radical (unpaired) electrons. The van der Waals surface area contributed by atoms with Crippen LogP contribution in [0.2, 0.25) is 0 Å². The molecule has 4 heteroatoms. The summed E-state index contributed by atoms with van der Waals surface area (Å²) in [5, 5.41) is 4.51. The summed E-state index contributed by atoms with van der Waals surface area (Å²) in [6.07, 6.45) is 2.80. The van der Waals surface area contributed by atoms with E-state index in [-0.39, 0.29) is 0 Å². The van der Waals surface area contributed by atoms with Gasteiger partial charge in [0.05, 0.1) is 5.52 Å². The van der Waals surface area contributed by atoms with Gasteiger partial charge in [0.1, 0.15) is 11.5 Å². The number of aromatic nitrogens is 3. The minimum Gasteiger partial charge on any atom is -0.367 e. The standard InChI is InChI=1S/C17H18N4/c1-3-12(2)19-16-13-8-4-5-9-14(13)20-17(21-16)15-10-6-7-11-18-15/h4-12H,3H2,1-2H3,(H,19,20,21)/t12-/m1/s1. The summed E-state index contributed by atoms with van der Waals surface area (Å²) in [6, 6.07) is 14.2. The van der Waals surface area contributed by atoms with Crippen molar-refractivity contribution in [2.75, 3.05) is 5.32 Å². The molecule has 0 saturated carbocycles. The van der Waals surface area contributed by atoms with E-state index in [0.717, 1.165) is 28.8 Å². The molecule has 2 heterocycles. The van der Waals surface area contributed by atoms with E-state index in [0.29, 0.717) is 11.9 Å². The molecule has 3 rings (SSSR count). The fourth-order valence-electron chi connectivity index (χ4n) is 2.13. The molecule has 0 spiro atoms. The van der Waals surface area contributed by atoms with E-state index >= 15 is 0 Å². The van der Waals surface area contributed by atoms with Crippen molar-refractivity contribution < 1.29 is 0 Å². The van der Waals surface area contributed by atoms with Gasteiger partial charge in [0.25, 0.3) is 0 Å². The average molecular weight is 278 g/mol. The quantitative estimate of drug-likeness (QED) is 0.786. The molecule has 21 heavy (non-hydrogen) atoms. The number of para-hydroxylation sites is 1. The maximum absolute atomic E-state index is 4.67. The molecular weight excluding hydrogens is 260 g/mol. The van der Waals surface area contributed by atoms with E-state index in [1.54, 1.807) is 6.20 Å². The van der Waals surface area contributed by atoms with Gasteiger partial charge in [0.2, 0.25) is 0 Å². The number of anilines is 1. The van der Waals surface area contributed by atoms with Gasteiger partial charge >= 0.3 is 0 Å². The number of nitrogens with zero attached hydrogens (tertiary/aromatic N) is 3. The summed E-state index contributed by atoms with van der Waals surface area (Å²) < 4.78 is 0. The Hall–Kier alpha value is -2.49. The van der Waals surface area contributed by atoms with E-state index < -0.39 is 0 Å². The van der Waals surface area contributed by atoms with Crippen LogP contribution in [0.1, 0.15) is 20.3 Å². The average Bonchev–Trinajstić information content (AvgIpc) is 2.55. The van der Waals surface area contributed by atoms with Gasteiger partial charge in [-0.05, 0) is 37.6 Å².